The number of anilines is 2. The first-order chi connectivity index (χ1) is 13.5. The second-order valence-electron chi connectivity index (χ2n) is 7.93. The van der Waals surface area contributed by atoms with Crippen molar-refractivity contribution in [2.45, 2.75) is 44.7 Å². The van der Waals surface area contributed by atoms with Crippen LogP contribution in [0.1, 0.15) is 32.6 Å². The van der Waals surface area contributed by atoms with Gasteiger partial charge >= 0.3 is 0 Å². The molecule has 28 heavy (non-hydrogen) atoms. The van der Waals surface area contributed by atoms with Gasteiger partial charge in [-0.15, -0.1) is 0 Å². The van der Waals surface area contributed by atoms with Crippen LogP contribution in [0.2, 0.25) is 0 Å². The number of nitrogens with zero attached hydrogens (tertiary/aromatic N) is 1. The van der Waals surface area contributed by atoms with Crippen LogP contribution < -0.4 is 20.4 Å². The molecule has 1 saturated heterocycles. The molecule has 2 atom stereocenters. The lowest BCUT2D eigenvalue weighted by Gasteiger charge is -2.29. The number of carbonyl (C=O) groups is 2. The van der Waals surface area contributed by atoms with Crippen LogP contribution in [0.3, 0.4) is 0 Å². The highest BCUT2D eigenvalue weighted by molar-refractivity contribution is 5.91. The molecule has 0 radical (unpaired) electrons. The van der Waals surface area contributed by atoms with Crippen LogP contribution in [-0.4, -0.2) is 63.8 Å². The van der Waals surface area contributed by atoms with Gasteiger partial charge in [0.2, 0.25) is 0 Å². The van der Waals surface area contributed by atoms with Crippen LogP contribution in [-0.2, 0) is 14.3 Å². The Labute approximate surface area is 167 Å². The van der Waals surface area contributed by atoms with E-state index >= 15 is 0 Å². The van der Waals surface area contributed by atoms with Crippen LogP contribution >= 0.6 is 0 Å². The van der Waals surface area contributed by atoms with Crippen molar-refractivity contribution < 1.29 is 19.2 Å². The van der Waals surface area contributed by atoms with E-state index in [1.807, 2.05) is 38.2 Å². The van der Waals surface area contributed by atoms with E-state index in [-0.39, 0.29) is 24.4 Å². The van der Waals surface area contributed by atoms with Gasteiger partial charge in [0, 0.05) is 30.5 Å². The molecule has 0 aromatic heterocycles. The number of amides is 2. The third-order valence-corrected chi connectivity index (χ3v) is 5.80. The number of carbonyl (C=O) groups excluding carboxylic acids is 2. The van der Waals surface area contributed by atoms with Gasteiger partial charge in [-0.25, -0.2) is 0 Å². The van der Waals surface area contributed by atoms with Crippen molar-refractivity contribution in [2.24, 2.45) is 0 Å². The Hall–Kier alpha value is -2.12. The normalized spacial score (nSPS) is 19.9. The molecule has 2 aliphatic rings. The molecular weight excluding hydrogens is 356 g/mol. The first-order valence-corrected chi connectivity index (χ1v) is 10.4. The maximum Gasteiger partial charge on any atom is 0.279 e. The molecular formula is C21H33N4O3+. The topological polar surface area (TPSA) is 75.1 Å². The fourth-order valence-electron chi connectivity index (χ4n) is 3.81. The van der Waals surface area contributed by atoms with E-state index in [0.29, 0.717) is 6.04 Å². The van der Waals surface area contributed by atoms with Crippen molar-refractivity contribution >= 4 is 23.2 Å². The second kappa shape index (κ2) is 9.89. The Morgan fingerprint density at radius 2 is 1.82 bits per heavy atom. The van der Waals surface area contributed by atoms with Crippen LogP contribution in [0.15, 0.2) is 24.3 Å². The largest absolute Gasteiger partial charge is 0.378 e. The van der Waals surface area contributed by atoms with Gasteiger partial charge < -0.3 is 25.2 Å². The molecule has 2 amide bonds. The molecule has 1 heterocycles. The minimum atomic E-state index is -0.255. The highest BCUT2D eigenvalue weighted by Crippen LogP contribution is 2.19. The lowest BCUT2D eigenvalue weighted by molar-refractivity contribution is -0.885. The summed E-state index contributed by atoms with van der Waals surface area (Å²) in [6.07, 6.45) is 4.51. The number of morpholine rings is 1. The molecule has 0 bridgehead atoms. The number of nitrogens with one attached hydrogen (secondary N) is 3. The fourth-order valence-corrected chi connectivity index (χ4v) is 3.81. The summed E-state index contributed by atoms with van der Waals surface area (Å²) in [5, 5.41) is 6.05. The summed E-state index contributed by atoms with van der Waals surface area (Å²) in [6, 6.07) is 7.95. The summed E-state index contributed by atoms with van der Waals surface area (Å²) in [7, 11) is 1.89. The Bertz CT molecular complexity index is 652. The second-order valence-corrected chi connectivity index (χ2v) is 7.93. The quantitative estimate of drug-likeness (QED) is 0.632. The molecule has 7 nitrogen and oxygen atoms in total. The molecule has 1 aromatic carbocycles. The van der Waals surface area contributed by atoms with E-state index in [0.717, 1.165) is 55.4 Å². The molecule has 154 valence electrons. The lowest BCUT2D eigenvalue weighted by atomic mass is 10.2. The summed E-state index contributed by atoms with van der Waals surface area (Å²) in [5.41, 5.74) is 1.92. The summed E-state index contributed by atoms with van der Waals surface area (Å²) >= 11 is 0. The van der Waals surface area contributed by atoms with Gasteiger partial charge in [-0.2, -0.15) is 0 Å². The van der Waals surface area contributed by atoms with Gasteiger partial charge in [-0.1, -0.05) is 12.8 Å². The zero-order chi connectivity index (χ0) is 19.9. The van der Waals surface area contributed by atoms with Crippen molar-refractivity contribution in [1.82, 2.24) is 5.32 Å². The Morgan fingerprint density at radius 1 is 1.18 bits per heavy atom. The van der Waals surface area contributed by atoms with E-state index < -0.39 is 0 Å². The van der Waals surface area contributed by atoms with Crippen LogP contribution in [0.4, 0.5) is 11.4 Å². The summed E-state index contributed by atoms with van der Waals surface area (Å²) < 4.78 is 5.38. The monoisotopic (exact) mass is 389 g/mol. The molecule has 3 N–H and O–H groups in total. The van der Waals surface area contributed by atoms with Crippen LogP contribution in [0.25, 0.3) is 0 Å². The van der Waals surface area contributed by atoms with Crippen molar-refractivity contribution in [3.8, 4) is 0 Å². The van der Waals surface area contributed by atoms with Gasteiger partial charge in [0.1, 0.15) is 0 Å². The summed E-state index contributed by atoms with van der Waals surface area (Å²) in [4.78, 5) is 27.9. The maximum atomic E-state index is 12.4. The smallest absolute Gasteiger partial charge is 0.279 e. The van der Waals surface area contributed by atoms with Gasteiger partial charge in [0.05, 0.1) is 20.3 Å². The van der Waals surface area contributed by atoms with Gasteiger partial charge in [-0.3, -0.25) is 9.59 Å². The van der Waals surface area contributed by atoms with Gasteiger partial charge in [0.25, 0.3) is 11.8 Å². The highest BCUT2D eigenvalue weighted by atomic mass is 16.5. The number of ether oxygens (including phenoxy) is 1. The molecule has 1 saturated carbocycles. The first-order valence-electron chi connectivity index (χ1n) is 10.4. The average Bonchev–Trinajstić information content (AvgIpc) is 3.21. The lowest BCUT2D eigenvalue weighted by Crippen LogP contribution is -3.15. The zero-order valence-electron chi connectivity index (χ0n) is 17.0. The fraction of sp³-hybridized carbons (Fsp3) is 0.619. The molecule has 2 fully saturated rings. The number of hydrogen-bond donors (Lipinski definition) is 3. The minimum absolute atomic E-state index is 0.0343. The minimum Gasteiger partial charge on any atom is -0.378 e. The SMILES string of the molecule is C[C@H](C(=O)NC1CCCC1)[NH+](C)CC(=O)Nc1ccc(N2CCOCC2)cc1. The predicted molar refractivity (Wildman–Crippen MR) is 110 cm³/mol. The standard InChI is InChI=1S/C21H32N4O3/c1-16(21(27)23-17-5-3-4-6-17)24(2)15-20(26)22-18-7-9-19(10-8-18)25-11-13-28-14-12-25/h7-10,16-17H,3-6,11-15H2,1-2H3,(H,22,26)(H,23,27)/p+1/t16-/m1/s1. The maximum absolute atomic E-state index is 12.4. The Balaban J connectivity index is 1.45. The van der Waals surface area contributed by atoms with Crippen molar-refractivity contribution in [3.63, 3.8) is 0 Å². The molecule has 3 rings (SSSR count). The summed E-state index contributed by atoms with van der Waals surface area (Å²) in [5.74, 6) is -0.0517. The van der Waals surface area contributed by atoms with Crippen LogP contribution in [0, 0.1) is 0 Å². The van der Waals surface area contributed by atoms with Crippen LogP contribution in [0.5, 0.6) is 0 Å². The molecule has 7 heteroatoms. The van der Waals surface area contributed by atoms with Crippen molar-refractivity contribution in [2.75, 3.05) is 50.1 Å². The molecule has 1 unspecified atom stereocenters. The van der Waals surface area contributed by atoms with Crippen molar-refractivity contribution in [1.29, 1.82) is 0 Å². The van der Waals surface area contributed by atoms with Crippen molar-refractivity contribution in [3.05, 3.63) is 24.3 Å². The Morgan fingerprint density at radius 3 is 2.46 bits per heavy atom. The van der Waals surface area contributed by atoms with E-state index in [1.165, 1.54) is 12.8 Å². The molecule has 1 aliphatic heterocycles. The van der Waals surface area contributed by atoms with E-state index in [4.69, 9.17) is 4.74 Å². The van der Waals surface area contributed by atoms with E-state index in [1.54, 1.807) is 0 Å². The number of likely N-dealkylation sites (N-methyl/N-ethyl adjacent to an activating group) is 1. The first kappa shape index (κ1) is 20.6. The average molecular weight is 390 g/mol. The number of quaternary nitrogens is 1. The molecule has 0 spiro atoms. The third-order valence-electron chi connectivity index (χ3n) is 5.80. The molecule has 1 aromatic rings. The van der Waals surface area contributed by atoms with E-state index in [2.05, 4.69) is 15.5 Å². The molecule has 1 aliphatic carbocycles. The third kappa shape index (κ3) is 5.69. The van der Waals surface area contributed by atoms with E-state index in [9.17, 15) is 9.59 Å². The van der Waals surface area contributed by atoms with Gasteiger partial charge in [0.15, 0.2) is 12.6 Å². The summed E-state index contributed by atoms with van der Waals surface area (Å²) in [6.45, 7) is 5.41. The number of hydrogen-bond acceptors (Lipinski definition) is 4. The number of rotatable bonds is 7. The predicted octanol–water partition coefficient (Wildman–Crippen LogP) is 0.424. The highest BCUT2D eigenvalue weighted by Gasteiger charge is 2.27. The Kier molecular flexibility index (Phi) is 7.28. The van der Waals surface area contributed by atoms with Gasteiger partial charge in [-0.05, 0) is 44.0 Å². The zero-order valence-corrected chi connectivity index (χ0v) is 17.0. The number of benzene rings is 1.